The largest absolute Gasteiger partial charge is 0.456 e. The van der Waals surface area contributed by atoms with E-state index < -0.39 is 53.6 Å². The van der Waals surface area contributed by atoms with Gasteiger partial charge in [0.1, 0.15) is 12.3 Å². The summed E-state index contributed by atoms with van der Waals surface area (Å²) in [5, 5.41) is 3.78. The highest BCUT2D eigenvalue weighted by atomic mass is 19.3. The van der Waals surface area contributed by atoms with E-state index in [0.717, 1.165) is 4.68 Å². The van der Waals surface area contributed by atoms with Gasteiger partial charge in [-0.3, -0.25) is 4.68 Å². The molecule has 0 saturated carbocycles. The number of nitrogens with zero attached hydrogens (tertiary/aromatic N) is 2. The molecule has 8 heteroatoms. The Morgan fingerprint density at radius 1 is 1.15 bits per heavy atom. The third-order valence-electron chi connectivity index (χ3n) is 4.27. The number of halogens is 4. The molecule has 2 aromatic rings. The van der Waals surface area contributed by atoms with E-state index in [9.17, 15) is 22.4 Å². The number of esters is 1. The molecule has 0 N–H and O–H groups in total. The topological polar surface area (TPSA) is 44.1 Å². The van der Waals surface area contributed by atoms with Gasteiger partial charge in [0, 0.05) is 18.9 Å². The summed E-state index contributed by atoms with van der Waals surface area (Å²) in [6.45, 7) is 2.91. The molecule has 0 spiro atoms. The smallest absolute Gasteiger partial charge is 0.359 e. The van der Waals surface area contributed by atoms with Crippen LogP contribution in [0, 0.1) is 0 Å². The van der Waals surface area contributed by atoms with Crippen LogP contribution in [0.25, 0.3) is 0 Å². The van der Waals surface area contributed by atoms with Crippen molar-refractivity contribution in [3.63, 3.8) is 0 Å². The number of carbonyl (C=O) groups excluding carboxylic acids is 1. The first-order valence-corrected chi connectivity index (χ1v) is 8.23. The number of hydrogen-bond donors (Lipinski definition) is 0. The molecule has 0 atom stereocenters. The van der Waals surface area contributed by atoms with Crippen LogP contribution in [0.5, 0.6) is 0 Å². The van der Waals surface area contributed by atoms with E-state index in [-0.39, 0.29) is 6.61 Å². The van der Waals surface area contributed by atoms with E-state index in [2.05, 4.69) is 5.10 Å². The summed E-state index contributed by atoms with van der Waals surface area (Å²) in [6.07, 6.45) is -2.04. The van der Waals surface area contributed by atoms with Gasteiger partial charge >= 0.3 is 5.97 Å². The quantitative estimate of drug-likeness (QED) is 0.574. The molecule has 1 aromatic heterocycles. The molecule has 1 aliphatic carbocycles. The fourth-order valence-electron chi connectivity index (χ4n) is 3.00. The van der Waals surface area contributed by atoms with Crippen molar-refractivity contribution in [1.29, 1.82) is 0 Å². The molecule has 0 saturated heterocycles. The molecule has 0 aliphatic heterocycles. The number of aromatic nitrogens is 2. The lowest BCUT2D eigenvalue weighted by atomic mass is 9.89. The van der Waals surface area contributed by atoms with Crippen molar-refractivity contribution in [2.24, 2.45) is 0 Å². The van der Waals surface area contributed by atoms with Gasteiger partial charge in [-0.15, -0.1) is 0 Å². The third kappa shape index (κ3) is 3.20. The van der Waals surface area contributed by atoms with E-state index >= 15 is 0 Å². The number of fused-ring (bicyclic) bond motifs is 1. The zero-order valence-corrected chi connectivity index (χ0v) is 14.3. The van der Waals surface area contributed by atoms with Crippen LogP contribution < -0.4 is 0 Å². The first-order valence-electron chi connectivity index (χ1n) is 8.23. The summed E-state index contributed by atoms with van der Waals surface area (Å²) in [5.74, 6) is -8.18. The van der Waals surface area contributed by atoms with Gasteiger partial charge in [-0.25, -0.2) is 13.6 Å². The minimum absolute atomic E-state index is 0.162. The van der Waals surface area contributed by atoms with E-state index in [1.165, 1.54) is 13.8 Å². The van der Waals surface area contributed by atoms with Gasteiger partial charge in [-0.1, -0.05) is 30.3 Å². The maximum absolute atomic E-state index is 14.4. The van der Waals surface area contributed by atoms with Crippen LogP contribution in [-0.4, -0.2) is 15.7 Å². The van der Waals surface area contributed by atoms with Gasteiger partial charge < -0.3 is 4.74 Å². The van der Waals surface area contributed by atoms with Gasteiger partial charge in [0.25, 0.3) is 11.8 Å². The highest BCUT2D eigenvalue weighted by Crippen LogP contribution is 2.51. The summed E-state index contributed by atoms with van der Waals surface area (Å²) in [7, 11) is 0. The van der Waals surface area contributed by atoms with E-state index in [0.29, 0.717) is 5.56 Å². The monoisotopic (exact) mass is 370 g/mol. The Kier molecular flexibility index (Phi) is 4.54. The number of alkyl halides is 4. The minimum atomic E-state index is -3.56. The van der Waals surface area contributed by atoms with Crippen LogP contribution in [0.15, 0.2) is 30.3 Å². The number of carbonyl (C=O) groups is 1. The fraction of sp³-hybridized carbons (Fsp3) is 0.444. The molecule has 0 bridgehead atoms. The Balaban J connectivity index is 2.01. The summed E-state index contributed by atoms with van der Waals surface area (Å²) in [6, 6.07) is 8.00. The second-order valence-electron chi connectivity index (χ2n) is 6.58. The molecule has 0 amide bonds. The maximum Gasteiger partial charge on any atom is 0.359 e. The maximum atomic E-state index is 14.4. The van der Waals surface area contributed by atoms with Crippen molar-refractivity contribution in [3.8, 4) is 0 Å². The van der Waals surface area contributed by atoms with Gasteiger partial charge in [0.2, 0.25) is 0 Å². The Hall–Kier alpha value is -2.38. The van der Waals surface area contributed by atoms with Crippen molar-refractivity contribution in [1.82, 2.24) is 9.78 Å². The molecule has 0 fully saturated rings. The number of ether oxygens (including phenoxy) is 1. The SMILES string of the molecule is CC(C)n1nc(C(=O)OCc2ccccc2)c2c1C(F)(F)CCC2(F)F. The zero-order valence-electron chi connectivity index (χ0n) is 14.3. The van der Waals surface area contributed by atoms with Gasteiger partial charge in [0.05, 0.1) is 5.56 Å². The van der Waals surface area contributed by atoms with Crippen molar-refractivity contribution in [2.45, 2.75) is 51.2 Å². The lowest BCUT2D eigenvalue weighted by molar-refractivity contribution is -0.101. The molecular formula is C18H18F4N2O2. The second-order valence-corrected chi connectivity index (χ2v) is 6.58. The van der Waals surface area contributed by atoms with E-state index in [4.69, 9.17) is 4.74 Å². The summed E-state index contributed by atoms with van der Waals surface area (Å²) < 4.78 is 63.3. The number of benzene rings is 1. The highest BCUT2D eigenvalue weighted by Gasteiger charge is 2.55. The zero-order chi connectivity index (χ0) is 19.1. The molecule has 0 radical (unpaired) electrons. The Labute approximate surface area is 147 Å². The van der Waals surface area contributed by atoms with Crippen LogP contribution >= 0.6 is 0 Å². The van der Waals surface area contributed by atoms with E-state index in [1.807, 2.05) is 0 Å². The fourth-order valence-corrected chi connectivity index (χ4v) is 3.00. The molecule has 1 aromatic carbocycles. The van der Waals surface area contributed by atoms with Gasteiger partial charge in [-0.05, 0) is 19.4 Å². The third-order valence-corrected chi connectivity index (χ3v) is 4.27. The number of hydrogen-bond acceptors (Lipinski definition) is 3. The molecular weight excluding hydrogens is 352 g/mol. The van der Waals surface area contributed by atoms with Crippen LogP contribution in [0.3, 0.4) is 0 Å². The van der Waals surface area contributed by atoms with Gasteiger partial charge in [0.15, 0.2) is 5.69 Å². The van der Waals surface area contributed by atoms with Crippen LogP contribution in [0.4, 0.5) is 17.6 Å². The predicted molar refractivity (Wildman–Crippen MR) is 85.2 cm³/mol. The Bertz CT molecular complexity index is 816. The van der Waals surface area contributed by atoms with Gasteiger partial charge in [-0.2, -0.15) is 13.9 Å². The van der Waals surface area contributed by atoms with Crippen LogP contribution in [-0.2, 0) is 23.2 Å². The Morgan fingerprint density at radius 2 is 1.77 bits per heavy atom. The standard InChI is InChI=1S/C18H18F4N2O2/c1-11(2)24-15-13(17(19,20)8-9-18(15,21)22)14(23-24)16(25)26-10-12-6-4-3-5-7-12/h3-7,11H,8-10H2,1-2H3. The molecule has 4 nitrogen and oxygen atoms in total. The first-order chi connectivity index (χ1) is 12.1. The lowest BCUT2D eigenvalue weighted by Crippen LogP contribution is -2.33. The summed E-state index contributed by atoms with van der Waals surface area (Å²) in [4.78, 5) is 12.3. The predicted octanol–water partition coefficient (Wildman–Crippen LogP) is 4.80. The first kappa shape index (κ1) is 18.4. The molecule has 140 valence electrons. The Morgan fingerprint density at radius 3 is 2.38 bits per heavy atom. The molecule has 1 heterocycles. The minimum Gasteiger partial charge on any atom is -0.456 e. The normalized spacial score (nSPS) is 17.8. The van der Waals surface area contributed by atoms with Crippen LogP contribution in [0.1, 0.15) is 60.0 Å². The van der Waals surface area contributed by atoms with Crippen molar-refractivity contribution in [2.75, 3.05) is 0 Å². The average molecular weight is 370 g/mol. The second kappa shape index (κ2) is 6.41. The summed E-state index contributed by atoms with van der Waals surface area (Å²) in [5.41, 5.74) is -2.00. The van der Waals surface area contributed by atoms with Crippen molar-refractivity contribution >= 4 is 5.97 Å². The molecule has 3 rings (SSSR count). The van der Waals surface area contributed by atoms with E-state index in [1.54, 1.807) is 30.3 Å². The highest BCUT2D eigenvalue weighted by molar-refractivity contribution is 5.89. The summed E-state index contributed by atoms with van der Waals surface area (Å²) >= 11 is 0. The van der Waals surface area contributed by atoms with Crippen molar-refractivity contribution in [3.05, 3.63) is 52.8 Å². The molecule has 0 unspecified atom stereocenters. The van der Waals surface area contributed by atoms with Crippen molar-refractivity contribution < 1.29 is 27.1 Å². The van der Waals surface area contributed by atoms with Crippen LogP contribution in [0.2, 0.25) is 0 Å². The lowest BCUT2D eigenvalue weighted by Gasteiger charge is -2.30. The molecule has 26 heavy (non-hydrogen) atoms. The molecule has 1 aliphatic rings. The number of rotatable bonds is 4. The average Bonchev–Trinajstić information content (AvgIpc) is 3.01.